The second-order valence-electron chi connectivity index (χ2n) is 9.84. The molecule has 14 nitrogen and oxygen atoms in total. The van der Waals surface area contributed by atoms with E-state index < -0.39 is 24.3 Å². The first kappa shape index (κ1) is 30.1. The normalized spacial score (nSPS) is 19.9. The topological polar surface area (TPSA) is 147 Å². The molecule has 2 aliphatic heterocycles. The van der Waals surface area contributed by atoms with Gasteiger partial charge in [-0.25, -0.2) is 28.9 Å². The maximum absolute atomic E-state index is 15.0. The lowest BCUT2D eigenvalue weighted by molar-refractivity contribution is 0.0496. The lowest BCUT2D eigenvalue weighted by atomic mass is 10.0. The van der Waals surface area contributed by atoms with E-state index in [0.29, 0.717) is 31.6 Å². The van der Waals surface area contributed by atoms with Crippen LogP contribution in [0.1, 0.15) is 26.2 Å². The minimum atomic E-state index is -1.24. The van der Waals surface area contributed by atoms with Crippen LogP contribution in [0.25, 0.3) is 0 Å². The first-order chi connectivity index (χ1) is 19.9. The standard InChI is InChI=1S/C26H38FN9O5/c1-4-40-23-16-29-22(15-30-23)32-25(37)34(2)20-17-36(12-8-19(20)27)24-28-9-5-21(31-24)33-26(38)41-18-6-10-35(11-7-18)13-14-39-3/h5,9,15-16,18-20H,4,6-8,10-14,17H2,1-3H3,(H,29,32,37)(H,28,31,33,38)/t19-,20+/m1/s1. The zero-order valence-corrected chi connectivity index (χ0v) is 23.7. The molecule has 0 radical (unpaired) electrons. The summed E-state index contributed by atoms with van der Waals surface area (Å²) >= 11 is 0. The van der Waals surface area contributed by atoms with Crippen molar-refractivity contribution in [1.82, 2.24) is 29.7 Å². The van der Waals surface area contributed by atoms with Gasteiger partial charge < -0.3 is 28.9 Å². The summed E-state index contributed by atoms with van der Waals surface area (Å²) in [5, 5.41) is 5.30. The number of halogens is 1. The molecule has 2 N–H and O–H groups in total. The number of carbonyl (C=O) groups is 2. The SMILES string of the molecule is CCOc1cnc(NC(=O)N(C)[C@H]2CN(c3nccc(NC(=O)OC4CCN(CCOC)CC4)n3)CC[C@H]2F)cn1. The van der Waals surface area contributed by atoms with Crippen molar-refractivity contribution in [1.29, 1.82) is 0 Å². The molecular weight excluding hydrogens is 537 g/mol. The summed E-state index contributed by atoms with van der Waals surface area (Å²) in [6.07, 6.45) is 3.97. The predicted molar refractivity (Wildman–Crippen MR) is 149 cm³/mol. The number of carbonyl (C=O) groups excluding carboxylic acids is 2. The Morgan fingerprint density at radius 2 is 1.90 bits per heavy atom. The third-order valence-corrected chi connectivity index (χ3v) is 7.05. The maximum atomic E-state index is 15.0. The van der Waals surface area contributed by atoms with Gasteiger partial charge in [0.15, 0.2) is 5.82 Å². The molecule has 2 aliphatic rings. The molecule has 2 saturated heterocycles. The number of nitrogens with one attached hydrogen (secondary N) is 2. The van der Waals surface area contributed by atoms with Crippen molar-refractivity contribution in [2.45, 2.75) is 44.5 Å². The number of aromatic nitrogens is 4. The average Bonchev–Trinajstić information content (AvgIpc) is 2.98. The van der Waals surface area contributed by atoms with Gasteiger partial charge in [-0.1, -0.05) is 0 Å². The van der Waals surface area contributed by atoms with Crippen molar-refractivity contribution in [3.63, 3.8) is 0 Å². The number of alkyl halides is 1. The van der Waals surface area contributed by atoms with Gasteiger partial charge in [0.1, 0.15) is 18.1 Å². The Hall–Kier alpha value is -3.85. The quantitative estimate of drug-likeness (QED) is 0.430. The molecular formula is C26H38FN9O5. The first-order valence-electron chi connectivity index (χ1n) is 13.8. The molecule has 4 heterocycles. The fraction of sp³-hybridized carbons (Fsp3) is 0.615. The van der Waals surface area contributed by atoms with E-state index in [9.17, 15) is 14.0 Å². The van der Waals surface area contributed by atoms with Crippen molar-refractivity contribution < 1.29 is 28.2 Å². The number of piperidine rings is 2. The van der Waals surface area contributed by atoms with E-state index >= 15 is 0 Å². The molecule has 224 valence electrons. The molecule has 2 fully saturated rings. The molecule has 0 bridgehead atoms. The summed E-state index contributed by atoms with van der Waals surface area (Å²) < 4.78 is 30.9. The minimum Gasteiger partial charge on any atom is -0.477 e. The lowest BCUT2D eigenvalue weighted by Gasteiger charge is -2.39. The van der Waals surface area contributed by atoms with Gasteiger partial charge in [0.05, 0.1) is 31.6 Å². The largest absolute Gasteiger partial charge is 0.477 e. The van der Waals surface area contributed by atoms with E-state index in [0.717, 1.165) is 32.5 Å². The van der Waals surface area contributed by atoms with Crippen LogP contribution >= 0.6 is 0 Å². The van der Waals surface area contributed by atoms with Gasteiger partial charge in [-0.3, -0.25) is 10.6 Å². The zero-order valence-electron chi connectivity index (χ0n) is 23.7. The van der Waals surface area contributed by atoms with Gasteiger partial charge in [-0.15, -0.1) is 0 Å². The van der Waals surface area contributed by atoms with Gasteiger partial charge in [0.2, 0.25) is 11.8 Å². The highest BCUT2D eigenvalue weighted by molar-refractivity contribution is 5.88. The lowest BCUT2D eigenvalue weighted by Crippen LogP contribution is -2.55. The van der Waals surface area contributed by atoms with Gasteiger partial charge in [0.25, 0.3) is 0 Å². The molecule has 2 aromatic heterocycles. The fourth-order valence-electron chi connectivity index (χ4n) is 4.73. The summed E-state index contributed by atoms with van der Waals surface area (Å²) in [5.41, 5.74) is 0. The molecule has 0 aliphatic carbocycles. The van der Waals surface area contributed by atoms with Gasteiger partial charge in [-0.2, -0.15) is 4.98 Å². The smallest absolute Gasteiger partial charge is 0.413 e. The summed E-state index contributed by atoms with van der Waals surface area (Å²) in [6, 6.07) is 0.274. The van der Waals surface area contributed by atoms with E-state index in [1.807, 2.05) is 6.92 Å². The van der Waals surface area contributed by atoms with E-state index in [1.165, 1.54) is 30.5 Å². The van der Waals surface area contributed by atoms with Gasteiger partial charge in [-0.05, 0) is 32.3 Å². The average molecular weight is 576 g/mol. The van der Waals surface area contributed by atoms with Crippen LogP contribution < -0.4 is 20.3 Å². The van der Waals surface area contributed by atoms with Crippen molar-refractivity contribution >= 4 is 29.7 Å². The van der Waals surface area contributed by atoms with Crippen molar-refractivity contribution in [2.75, 3.05) is 75.6 Å². The number of urea groups is 1. The van der Waals surface area contributed by atoms with Crippen molar-refractivity contribution in [3.05, 3.63) is 24.7 Å². The van der Waals surface area contributed by atoms with Crippen LogP contribution in [0.3, 0.4) is 0 Å². The second-order valence-corrected chi connectivity index (χ2v) is 9.84. The van der Waals surface area contributed by atoms with Gasteiger partial charge in [0, 0.05) is 53.1 Å². The maximum Gasteiger partial charge on any atom is 0.413 e. The predicted octanol–water partition coefficient (Wildman–Crippen LogP) is 2.41. The van der Waals surface area contributed by atoms with Gasteiger partial charge >= 0.3 is 12.1 Å². The molecule has 0 spiro atoms. The Kier molecular flexibility index (Phi) is 10.8. The second kappa shape index (κ2) is 14.7. The molecule has 0 aromatic carbocycles. The highest BCUT2D eigenvalue weighted by atomic mass is 19.1. The van der Waals surface area contributed by atoms with Crippen LogP contribution in [0.4, 0.5) is 31.6 Å². The Labute approximate surface area is 238 Å². The molecule has 2 atom stereocenters. The van der Waals surface area contributed by atoms with Crippen LogP contribution in [-0.4, -0.2) is 120 Å². The van der Waals surface area contributed by atoms with Crippen LogP contribution in [0.5, 0.6) is 5.88 Å². The number of likely N-dealkylation sites (N-methyl/N-ethyl adjacent to an activating group) is 1. The minimum absolute atomic E-state index is 0.162. The van der Waals surface area contributed by atoms with Crippen LogP contribution in [0, 0.1) is 0 Å². The molecule has 3 amide bonds. The monoisotopic (exact) mass is 575 g/mol. The highest BCUT2D eigenvalue weighted by Gasteiger charge is 2.35. The first-order valence-corrected chi connectivity index (χ1v) is 13.8. The third-order valence-electron chi connectivity index (χ3n) is 7.05. The van der Waals surface area contributed by atoms with E-state index in [1.54, 1.807) is 18.1 Å². The third kappa shape index (κ3) is 8.57. The van der Waals surface area contributed by atoms with E-state index in [4.69, 9.17) is 14.2 Å². The number of ether oxygens (including phenoxy) is 3. The molecule has 2 aromatic rings. The fourth-order valence-corrected chi connectivity index (χ4v) is 4.73. The molecule has 15 heteroatoms. The number of rotatable bonds is 10. The number of methoxy groups -OCH3 is 1. The molecule has 0 saturated carbocycles. The molecule has 41 heavy (non-hydrogen) atoms. The summed E-state index contributed by atoms with van der Waals surface area (Å²) in [5.74, 6) is 1.16. The van der Waals surface area contributed by atoms with E-state index in [-0.39, 0.29) is 30.7 Å². The Bertz CT molecular complexity index is 1140. The summed E-state index contributed by atoms with van der Waals surface area (Å²) in [4.78, 5) is 47.7. The number of anilines is 3. The summed E-state index contributed by atoms with van der Waals surface area (Å²) in [7, 11) is 3.20. The number of hydrogen-bond donors (Lipinski definition) is 2. The van der Waals surface area contributed by atoms with Crippen LogP contribution in [0.15, 0.2) is 24.7 Å². The molecule has 0 unspecified atom stereocenters. The number of nitrogens with zero attached hydrogens (tertiary/aromatic N) is 7. The Balaban J connectivity index is 1.30. The summed E-state index contributed by atoms with van der Waals surface area (Å²) in [6.45, 7) is 6.00. The van der Waals surface area contributed by atoms with Crippen molar-refractivity contribution in [3.8, 4) is 5.88 Å². The Morgan fingerprint density at radius 3 is 2.61 bits per heavy atom. The van der Waals surface area contributed by atoms with Crippen LogP contribution in [-0.2, 0) is 9.47 Å². The highest BCUT2D eigenvalue weighted by Crippen LogP contribution is 2.23. The van der Waals surface area contributed by atoms with E-state index in [2.05, 4.69) is 35.5 Å². The molecule has 4 rings (SSSR count). The number of likely N-dealkylation sites (tertiary alicyclic amines) is 1. The van der Waals surface area contributed by atoms with Crippen molar-refractivity contribution in [2.24, 2.45) is 0 Å². The number of amides is 3. The number of hydrogen-bond acceptors (Lipinski definition) is 11. The van der Waals surface area contributed by atoms with Crippen LogP contribution in [0.2, 0.25) is 0 Å². The Morgan fingerprint density at radius 1 is 1.10 bits per heavy atom. The zero-order chi connectivity index (χ0) is 29.2.